The molecule has 0 atom stereocenters. The van der Waals surface area contributed by atoms with Gasteiger partial charge in [0.2, 0.25) is 18.9 Å². The van der Waals surface area contributed by atoms with Crippen molar-refractivity contribution in [3.63, 3.8) is 0 Å². The topological polar surface area (TPSA) is 64.1 Å². The monoisotopic (exact) mass is 257 g/mol. The van der Waals surface area contributed by atoms with Crippen molar-refractivity contribution < 1.29 is 14.3 Å². The zero-order valence-corrected chi connectivity index (χ0v) is 10.2. The van der Waals surface area contributed by atoms with Gasteiger partial charge in [-0.1, -0.05) is 30.3 Å². The van der Waals surface area contributed by atoms with Crippen molar-refractivity contribution in [2.24, 2.45) is 0 Å². The molecule has 0 saturated carbocycles. The molecule has 1 aromatic heterocycles. The number of ketones is 1. The van der Waals surface area contributed by atoms with Crippen LogP contribution in [0.2, 0.25) is 0 Å². The van der Waals surface area contributed by atoms with Crippen molar-refractivity contribution in [3.8, 4) is 0 Å². The molecule has 0 bridgehead atoms. The summed E-state index contributed by atoms with van der Waals surface area (Å²) in [6.45, 7) is 0.0240. The Hall–Kier alpha value is -2.56. The third-order valence-corrected chi connectivity index (χ3v) is 2.69. The van der Waals surface area contributed by atoms with Crippen LogP contribution in [0.4, 0.5) is 0 Å². The van der Waals surface area contributed by atoms with Crippen molar-refractivity contribution in [2.75, 3.05) is 0 Å². The Labute approximate surface area is 110 Å². The van der Waals surface area contributed by atoms with Crippen molar-refractivity contribution in [2.45, 2.75) is 13.1 Å². The average Bonchev–Trinajstić information content (AvgIpc) is 2.41. The first-order valence-corrected chi connectivity index (χ1v) is 5.83. The van der Waals surface area contributed by atoms with Gasteiger partial charge >= 0.3 is 0 Å². The summed E-state index contributed by atoms with van der Waals surface area (Å²) >= 11 is 0. The smallest absolute Gasteiger partial charge is 0.229 e. The third kappa shape index (κ3) is 3.70. The van der Waals surface area contributed by atoms with Gasteiger partial charge in [-0.2, -0.15) is 4.57 Å². The number of carbonyl (C=O) groups is 1. The molecular weight excluding hydrogens is 244 g/mol. The van der Waals surface area contributed by atoms with E-state index in [1.54, 1.807) is 41.2 Å². The van der Waals surface area contributed by atoms with Crippen LogP contribution in [0.5, 0.6) is 0 Å². The molecule has 1 aromatic carbocycles. The van der Waals surface area contributed by atoms with Gasteiger partial charge in [0.1, 0.15) is 0 Å². The lowest BCUT2D eigenvalue weighted by Crippen LogP contribution is -2.37. The van der Waals surface area contributed by atoms with Crippen LogP contribution in [-0.4, -0.2) is 10.7 Å². The number of aromatic nitrogens is 1. The average molecular weight is 257 g/mol. The van der Waals surface area contributed by atoms with Crippen LogP contribution in [0, 0.1) is 10.1 Å². The normalized spacial score (nSPS) is 10.1. The number of benzene rings is 1. The van der Waals surface area contributed by atoms with Gasteiger partial charge in [0.05, 0.1) is 0 Å². The molecule has 0 amide bonds. The Morgan fingerprint density at radius 2 is 1.74 bits per heavy atom. The second-order valence-corrected chi connectivity index (χ2v) is 4.16. The minimum Gasteiger partial charge on any atom is -0.287 e. The summed E-state index contributed by atoms with van der Waals surface area (Å²) in [4.78, 5) is 21.9. The van der Waals surface area contributed by atoms with Gasteiger partial charge in [0.15, 0.2) is 12.4 Å². The molecule has 5 heteroatoms. The molecule has 1 heterocycles. The quantitative estimate of drug-likeness (QED) is 0.354. The van der Waals surface area contributed by atoms with E-state index in [1.807, 2.05) is 18.2 Å². The van der Waals surface area contributed by atoms with Crippen LogP contribution in [0.3, 0.4) is 0 Å². The molecule has 0 N–H and O–H groups in total. The van der Waals surface area contributed by atoms with Crippen molar-refractivity contribution >= 4 is 5.78 Å². The SMILES string of the molecule is O=C(C[n+]1ccc(C[N+](=O)[O-])cc1)c1ccccc1. The molecule has 96 valence electrons. The van der Waals surface area contributed by atoms with E-state index in [9.17, 15) is 14.9 Å². The number of nitro groups is 1. The highest BCUT2D eigenvalue weighted by molar-refractivity contribution is 5.94. The van der Waals surface area contributed by atoms with E-state index in [0.717, 1.165) is 0 Å². The van der Waals surface area contributed by atoms with Crippen LogP contribution in [0.15, 0.2) is 54.9 Å². The van der Waals surface area contributed by atoms with Gasteiger partial charge in [-0.3, -0.25) is 14.9 Å². The summed E-state index contributed by atoms with van der Waals surface area (Å²) in [5.41, 5.74) is 1.28. The van der Waals surface area contributed by atoms with Crippen LogP contribution in [0.1, 0.15) is 15.9 Å². The number of hydrogen-bond donors (Lipinski definition) is 0. The molecule has 0 spiro atoms. The standard InChI is InChI=1S/C14H13N2O3/c17-14(13-4-2-1-3-5-13)11-15-8-6-12(7-9-15)10-16(18)19/h1-9H,10-11H2/q+1. The molecule has 5 nitrogen and oxygen atoms in total. The van der Waals surface area contributed by atoms with E-state index < -0.39 is 0 Å². The number of pyridine rings is 1. The molecule has 0 aliphatic rings. The second kappa shape index (κ2) is 5.86. The van der Waals surface area contributed by atoms with Gasteiger partial charge < -0.3 is 0 Å². The van der Waals surface area contributed by atoms with Crippen LogP contribution >= 0.6 is 0 Å². The van der Waals surface area contributed by atoms with E-state index >= 15 is 0 Å². The minimum atomic E-state index is -0.380. The van der Waals surface area contributed by atoms with Gasteiger partial charge in [0.25, 0.3) is 0 Å². The van der Waals surface area contributed by atoms with Crippen molar-refractivity contribution in [3.05, 3.63) is 76.1 Å². The molecule has 0 unspecified atom stereocenters. The summed E-state index contributed by atoms with van der Waals surface area (Å²) in [5, 5.41) is 10.4. The minimum absolute atomic E-state index is 0.00706. The molecule has 0 radical (unpaired) electrons. The fourth-order valence-corrected chi connectivity index (χ4v) is 1.73. The molecule has 0 aliphatic heterocycles. The van der Waals surface area contributed by atoms with Gasteiger partial charge in [-0.15, -0.1) is 0 Å². The first-order valence-electron chi connectivity index (χ1n) is 5.83. The summed E-state index contributed by atoms with van der Waals surface area (Å²) in [5.74, 6) is 0.00706. The molecular formula is C14H13N2O3+. The molecule has 0 aliphatic carbocycles. The Morgan fingerprint density at radius 1 is 1.11 bits per heavy atom. The fraction of sp³-hybridized carbons (Fsp3) is 0.143. The Morgan fingerprint density at radius 3 is 2.32 bits per heavy atom. The second-order valence-electron chi connectivity index (χ2n) is 4.16. The van der Waals surface area contributed by atoms with E-state index in [-0.39, 0.29) is 23.8 Å². The Balaban J connectivity index is 2.04. The zero-order valence-electron chi connectivity index (χ0n) is 10.2. The van der Waals surface area contributed by atoms with E-state index in [4.69, 9.17) is 0 Å². The Bertz CT molecular complexity index is 579. The predicted molar refractivity (Wildman–Crippen MR) is 68.1 cm³/mol. The number of Topliss-reactive ketones (excluding diaryl/α,β-unsaturated/α-hetero) is 1. The van der Waals surface area contributed by atoms with Gasteiger partial charge in [-0.05, 0) is 0 Å². The maximum atomic E-state index is 11.9. The van der Waals surface area contributed by atoms with Crippen LogP contribution in [-0.2, 0) is 13.1 Å². The maximum Gasteiger partial charge on any atom is 0.229 e. The lowest BCUT2D eigenvalue weighted by Gasteiger charge is -1.98. The van der Waals surface area contributed by atoms with E-state index in [2.05, 4.69) is 0 Å². The summed E-state index contributed by atoms with van der Waals surface area (Å²) in [6, 6.07) is 12.3. The first-order chi connectivity index (χ1) is 9.15. The lowest BCUT2D eigenvalue weighted by molar-refractivity contribution is -0.683. The number of rotatable bonds is 5. The Kier molecular flexibility index (Phi) is 3.97. The zero-order chi connectivity index (χ0) is 13.7. The maximum absolute atomic E-state index is 11.9. The van der Waals surface area contributed by atoms with Gasteiger partial charge in [-0.25, -0.2) is 0 Å². The van der Waals surface area contributed by atoms with E-state index in [0.29, 0.717) is 11.1 Å². The summed E-state index contributed by atoms with van der Waals surface area (Å²) in [7, 11) is 0. The third-order valence-electron chi connectivity index (χ3n) is 2.69. The molecule has 0 fully saturated rings. The first kappa shape index (κ1) is 12.9. The molecule has 0 saturated heterocycles. The fourth-order valence-electron chi connectivity index (χ4n) is 1.73. The number of carbonyl (C=O) groups excluding carboxylic acids is 1. The van der Waals surface area contributed by atoms with E-state index in [1.165, 1.54) is 0 Å². The summed E-state index contributed by atoms with van der Waals surface area (Å²) < 4.78 is 1.71. The summed E-state index contributed by atoms with van der Waals surface area (Å²) in [6.07, 6.45) is 3.36. The predicted octanol–water partition coefficient (Wildman–Crippen LogP) is 1.63. The molecule has 2 aromatic rings. The number of hydrogen-bond acceptors (Lipinski definition) is 3. The van der Waals surface area contributed by atoms with Crippen molar-refractivity contribution in [1.82, 2.24) is 0 Å². The highest BCUT2D eigenvalue weighted by Gasteiger charge is 2.12. The highest BCUT2D eigenvalue weighted by Crippen LogP contribution is 2.01. The number of nitrogens with zero attached hydrogens (tertiary/aromatic N) is 2. The largest absolute Gasteiger partial charge is 0.287 e. The molecule has 2 rings (SSSR count). The molecule has 19 heavy (non-hydrogen) atoms. The van der Waals surface area contributed by atoms with Crippen LogP contribution < -0.4 is 4.57 Å². The van der Waals surface area contributed by atoms with Gasteiger partial charge in [0, 0.05) is 28.2 Å². The van der Waals surface area contributed by atoms with Crippen molar-refractivity contribution in [1.29, 1.82) is 0 Å². The lowest BCUT2D eigenvalue weighted by atomic mass is 10.1. The highest BCUT2D eigenvalue weighted by atomic mass is 16.6. The van der Waals surface area contributed by atoms with Crippen LogP contribution in [0.25, 0.3) is 0 Å².